The fraction of sp³-hybridized carbons (Fsp3) is 0.222. The fourth-order valence-corrected chi connectivity index (χ4v) is 1.03. The number of benzene rings is 1. The zero-order valence-electron chi connectivity index (χ0n) is 6.66. The van der Waals surface area contributed by atoms with E-state index in [0.29, 0.717) is 0 Å². The summed E-state index contributed by atoms with van der Waals surface area (Å²) in [6, 6.07) is 10.1. The lowest BCUT2D eigenvalue weighted by molar-refractivity contribution is 0.567. The van der Waals surface area contributed by atoms with Crippen LogP contribution in [0.1, 0.15) is 5.56 Å². The summed E-state index contributed by atoms with van der Waals surface area (Å²) in [4.78, 5) is 10.3. The first-order chi connectivity index (χ1) is 5.33. The van der Waals surface area contributed by atoms with Crippen molar-refractivity contribution >= 4 is 12.9 Å². The minimum absolute atomic E-state index is 0.136. The van der Waals surface area contributed by atoms with E-state index in [1.54, 1.807) is 0 Å². The van der Waals surface area contributed by atoms with Gasteiger partial charge in [0.25, 0.3) is 0 Å². The first-order valence-corrected chi connectivity index (χ1v) is 3.82. The highest BCUT2D eigenvalue weighted by Gasteiger charge is 2.04. The maximum absolute atomic E-state index is 10.3. The second kappa shape index (κ2) is 3.96. The Balaban J connectivity index is 2.57. The van der Waals surface area contributed by atoms with Gasteiger partial charge in [0.05, 0.1) is 6.19 Å². The summed E-state index contributed by atoms with van der Waals surface area (Å²) < 4.78 is 0. The maximum atomic E-state index is 10.3. The molecule has 1 nitrogen and oxygen atoms in total. The van der Waals surface area contributed by atoms with Crippen LogP contribution in [0.3, 0.4) is 0 Å². The number of carbonyl (C=O) groups is 1. The molecule has 0 radical (unpaired) electrons. The molecule has 11 heavy (non-hydrogen) atoms. The second-order valence-electron chi connectivity index (χ2n) is 2.80. The molecule has 0 saturated carbocycles. The van der Waals surface area contributed by atoms with E-state index in [-0.39, 0.29) is 6.71 Å². The number of carbonyl (C=O) groups excluding carboxylic acids is 1. The number of hydrogen-bond donors (Lipinski definition) is 0. The van der Waals surface area contributed by atoms with Crippen molar-refractivity contribution in [3.05, 3.63) is 35.9 Å². The molecule has 0 aliphatic heterocycles. The maximum Gasteiger partial charge on any atom is 0.220 e. The Labute approximate surface area is 67.5 Å². The topological polar surface area (TPSA) is 17.1 Å². The molecule has 2 heteroatoms. The summed E-state index contributed by atoms with van der Waals surface area (Å²) in [6.07, 6.45) is 1.84. The third kappa shape index (κ3) is 2.58. The fourth-order valence-electron chi connectivity index (χ4n) is 1.03. The quantitative estimate of drug-likeness (QED) is 0.468. The van der Waals surface area contributed by atoms with Gasteiger partial charge in [-0.05, 0) is 6.32 Å². The van der Waals surface area contributed by atoms with Crippen molar-refractivity contribution in [3.63, 3.8) is 0 Å². The first-order valence-electron chi connectivity index (χ1n) is 3.82. The Kier molecular flexibility index (Phi) is 2.90. The Morgan fingerprint density at radius 3 is 2.55 bits per heavy atom. The van der Waals surface area contributed by atoms with E-state index in [0.717, 1.165) is 12.5 Å². The number of hydrogen-bond acceptors (Lipinski definition) is 1. The molecule has 0 fully saturated rings. The van der Waals surface area contributed by atoms with Crippen molar-refractivity contribution in [2.24, 2.45) is 0 Å². The molecular formula is C9H11BO. The SMILES string of the molecule is CB(C=O)Cc1ccccc1. The molecule has 0 N–H and O–H groups in total. The highest BCUT2D eigenvalue weighted by Crippen LogP contribution is 2.00. The third-order valence-corrected chi connectivity index (χ3v) is 1.63. The first kappa shape index (κ1) is 8.06. The van der Waals surface area contributed by atoms with Gasteiger partial charge in [0, 0.05) is 0 Å². The molecule has 1 rings (SSSR count). The normalized spacial score (nSPS) is 9.18. The summed E-state index contributed by atoms with van der Waals surface area (Å²) in [6.45, 7) is 2.07. The molecule has 0 saturated heterocycles. The predicted molar refractivity (Wildman–Crippen MR) is 48.5 cm³/mol. The molecule has 0 spiro atoms. The van der Waals surface area contributed by atoms with Crippen LogP contribution >= 0.6 is 0 Å². The smallest absolute Gasteiger partial charge is 0.220 e. The lowest BCUT2D eigenvalue weighted by Crippen LogP contribution is -2.13. The van der Waals surface area contributed by atoms with Crippen LogP contribution in [0.15, 0.2) is 30.3 Å². The van der Waals surface area contributed by atoms with Gasteiger partial charge in [-0.15, -0.1) is 0 Å². The lowest BCUT2D eigenvalue weighted by atomic mass is 9.50. The van der Waals surface area contributed by atoms with Crippen molar-refractivity contribution in [1.82, 2.24) is 0 Å². The molecule has 0 atom stereocenters. The summed E-state index contributed by atoms with van der Waals surface area (Å²) >= 11 is 0. The molecule has 56 valence electrons. The minimum atomic E-state index is 0.136. The highest BCUT2D eigenvalue weighted by atomic mass is 16.1. The van der Waals surface area contributed by atoms with Crippen LogP contribution < -0.4 is 0 Å². The third-order valence-electron chi connectivity index (χ3n) is 1.63. The molecule has 0 unspecified atom stereocenters. The van der Waals surface area contributed by atoms with Gasteiger partial charge in [0.1, 0.15) is 0 Å². The zero-order valence-corrected chi connectivity index (χ0v) is 6.66. The van der Waals surface area contributed by atoms with E-state index in [1.165, 1.54) is 5.56 Å². The van der Waals surface area contributed by atoms with E-state index < -0.39 is 0 Å². The molecule has 0 amide bonds. The average Bonchev–Trinajstić information content (AvgIpc) is 2.06. The Morgan fingerprint density at radius 2 is 2.00 bits per heavy atom. The second-order valence-corrected chi connectivity index (χ2v) is 2.80. The average molecular weight is 146 g/mol. The Morgan fingerprint density at radius 1 is 1.36 bits per heavy atom. The van der Waals surface area contributed by atoms with Crippen LogP contribution in [0, 0.1) is 0 Å². The van der Waals surface area contributed by atoms with Crippen molar-refractivity contribution in [2.45, 2.75) is 13.1 Å². The largest absolute Gasteiger partial charge is 0.315 e. The molecule has 1 aromatic rings. The summed E-state index contributed by atoms with van der Waals surface area (Å²) in [5.74, 6) is 0. The summed E-state index contributed by atoms with van der Waals surface area (Å²) in [7, 11) is 0. The Bertz CT molecular complexity index is 220. The van der Waals surface area contributed by atoms with Crippen molar-refractivity contribution in [3.8, 4) is 0 Å². The van der Waals surface area contributed by atoms with Crippen LogP contribution in [-0.4, -0.2) is 12.9 Å². The molecular weight excluding hydrogens is 135 g/mol. The molecule has 0 aliphatic rings. The molecule has 0 bridgehead atoms. The van der Waals surface area contributed by atoms with Gasteiger partial charge >= 0.3 is 0 Å². The minimum Gasteiger partial charge on any atom is -0.315 e. The van der Waals surface area contributed by atoms with Crippen LogP contribution in [0.25, 0.3) is 0 Å². The van der Waals surface area contributed by atoms with Gasteiger partial charge in [-0.25, -0.2) is 0 Å². The molecule has 0 aromatic heterocycles. The van der Waals surface area contributed by atoms with Crippen LogP contribution in [-0.2, 0) is 11.1 Å². The van der Waals surface area contributed by atoms with Crippen LogP contribution in [0.2, 0.25) is 6.82 Å². The number of rotatable bonds is 3. The van der Waals surface area contributed by atoms with Crippen molar-refractivity contribution in [1.29, 1.82) is 0 Å². The van der Waals surface area contributed by atoms with E-state index in [2.05, 4.69) is 0 Å². The highest BCUT2D eigenvalue weighted by molar-refractivity contribution is 6.82. The Hall–Kier alpha value is -1.05. The van der Waals surface area contributed by atoms with Gasteiger partial charge in [-0.3, -0.25) is 0 Å². The van der Waals surface area contributed by atoms with Crippen LogP contribution in [0.5, 0.6) is 0 Å². The molecule has 0 aliphatic carbocycles. The summed E-state index contributed by atoms with van der Waals surface area (Å²) in [5.41, 5.74) is 1.23. The van der Waals surface area contributed by atoms with Gasteiger partial charge < -0.3 is 4.79 Å². The molecule has 0 heterocycles. The van der Waals surface area contributed by atoms with Gasteiger partial charge in [0.15, 0.2) is 0 Å². The zero-order chi connectivity index (χ0) is 8.10. The van der Waals surface area contributed by atoms with Crippen molar-refractivity contribution in [2.75, 3.05) is 0 Å². The van der Waals surface area contributed by atoms with Gasteiger partial charge in [0.2, 0.25) is 6.71 Å². The molecule has 1 aromatic carbocycles. The standard InChI is InChI=1S/C9H11BO/c1-10(8-11)7-9-5-3-2-4-6-9/h2-6,8H,7H2,1H3. The predicted octanol–water partition coefficient (Wildman–Crippen LogP) is 1.66. The van der Waals surface area contributed by atoms with E-state index in [9.17, 15) is 4.79 Å². The van der Waals surface area contributed by atoms with Gasteiger partial charge in [-0.1, -0.05) is 42.7 Å². The lowest BCUT2D eigenvalue weighted by Gasteiger charge is -1.98. The van der Waals surface area contributed by atoms with E-state index in [4.69, 9.17) is 0 Å². The van der Waals surface area contributed by atoms with Crippen LogP contribution in [0.4, 0.5) is 0 Å². The van der Waals surface area contributed by atoms with E-state index in [1.807, 2.05) is 37.2 Å². The van der Waals surface area contributed by atoms with Gasteiger partial charge in [-0.2, -0.15) is 0 Å². The van der Waals surface area contributed by atoms with Crippen molar-refractivity contribution < 1.29 is 4.79 Å². The van der Waals surface area contributed by atoms with E-state index >= 15 is 0 Å². The summed E-state index contributed by atoms with van der Waals surface area (Å²) in [5, 5.41) is 0. The monoisotopic (exact) mass is 146 g/mol.